The monoisotopic (exact) mass is 257 g/mol. The quantitative estimate of drug-likeness (QED) is 0.836. The third-order valence-electron chi connectivity index (χ3n) is 5.15. The molecule has 19 heavy (non-hydrogen) atoms. The van der Waals surface area contributed by atoms with Gasteiger partial charge < -0.3 is 5.32 Å². The van der Waals surface area contributed by atoms with E-state index in [4.69, 9.17) is 0 Å². The Morgan fingerprint density at radius 3 is 2.53 bits per heavy atom. The summed E-state index contributed by atoms with van der Waals surface area (Å²) in [5.74, 6) is 1.08. The summed E-state index contributed by atoms with van der Waals surface area (Å²) in [5.41, 5.74) is 2.16. The average Bonchev–Trinajstić information content (AvgIpc) is 2.87. The number of carbonyl (C=O) groups is 1. The zero-order valence-corrected chi connectivity index (χ0v) is 11.7. The number of Topliss-reactive ketones (excluding diaryl/α,β-unsaturated/α-hetero) is 1. The molecule has 1 atom stereocenters. The SMILES string of the molecule is CCC1(C(=O)c2ccc(C3CCC3)cc2)CCNC1. The fourth-order valence-electron chi connectivity index (χ4n) is 3.35. The summed E-state index contributed by atoms with van der Waals surface area (Å²) in [7, 11) is 0. The first-order valence-corrected chi connectivity index (χ1v) is 7.61. The predicted octanol–water partition coefficient (Wildman–Crippen LogP) is 3.53. The molecule has 1 saturated heterocycles. The first-order chi connectivity index (χ1) is 9.25. The summed E-state index contributed by atoms with van der Waals surface area (Å²) in [4.78, 5) is 12.7. The van der Waals surface area contributed by atoms with E-state index in [0.29, 0.717) is 5.78 Å². The lowest BCUT2D eigenvalue weighted by Crippen LogP contribution is -2.32. The van der Waals surface area contributed by atoms with Crippen LogP contribution in [0.15, 0.2) is 24.3 Å². The molecule has 102 valence electrons. The molecule has 0 spiro atoms. The van der Waals surface area contributed by atoms with Crippen molar-refractivity contribution in [3.63, 3.8) is 0 Å². The van der Waals surface area contributed by atoms with Gasteiger partial charge in [0.2, 0.25) is 0 Å². The highest BCUT2D eigenvalue weighted by Crippen LogP contribution is 2.37. The molecular weight excluding hydrogens is 234 g/mol. The van der Waals surface area contributed by atoms with Gasteiger partial charge in [0, 0.05) is 17.5 Å². The predicted molar refractivity (Wildman–Crippen MR) is 77.6 cm³/mol. The molecule has 2 heteroatoms. The van der Waals surface area contributed by atoms with Crippen molar-refractivity contribution < 1.29 is 4.79 Å². The van der Waals surface area contributed by atoms with Crippen molar-refractivity contribution in [1.29, 1.82) is 0 Å². The first kappa shape index (κ1) is 12.9. The van der Waals surface area contributed by atoms with E-state index in [9.17, 15) is 4.79 Å². The van der Waals surface area contributed by atoms with Gasteiger partial charge in [0.25, 0.3) is 0 Å². The van der Waals surface area contributed by atoms with Gasteiger partial charge in [-0.2, -0.15) is 0 Å². The second kappa shape index (κ2) is 5.09. The smallest absolute Gasteiger partial charge is 0.170 e. The molecule has 0 bridgehead atoms. The van der Waals surface area contributed by atoms with Gasteiger partial charge in [-0.15, -0.1) is 0 Å². The molecule has 0 amide bonds. The van der Waals surface area contributed by atoms with Crippen LogP contribution in [0.25, 0.3) is 0 Å². The fourth-order valence-corrected chi connectivity index (χ4v) is 3.35. The summed E-state index contributed by atoms with van der Waals surface area (Å²) in [6, 6.07) is 8.43. The molecule has 1 N–H and O–H groups in total. The molecule has 2 fully saturated rings. The highest BCUT2D eigenvalue weighted by atomic mass is 16.1. The third-order valence-corrected chi connectivity index (χ3v) is 5.15. The summed E-state index contributed by atoms with van der Waals surface area (Å²) >= 11 is 0. The molecule has 1 saturated carbocycles. The molecule has 1 unspecified atom stereocenters. The van der Waals surface area contributed by atoms with Gasteiger partial charge >= 0.3 is 0 Å². The van der Waals surface area contributed by atoms with Crippen molar-refractivity contribution in [2.75, 3.05) is 13.1 Å². The van der Waals surface area contributed by atoms with Crippen molar-refractivity contribution >= 4 is 5.78 Å². The highest BCUT2D eigenvalue weighted by Gasteiger charge is 2.39. The number of hydrogen-bond acceptors (Lipinski definition) is 2. The summed E-state index contributed by atoms with van der Waals surface area (Å²) in [6.07, 6.45) is 5.90. The molecule has 1 aliphatic heterocycles. The lowest BCUT2D eigenvalue weighted by atomic mass is 9.76. The van der Waals surface area contributed by atoms with Crippen LogP contribution in [0.5, 0.6) is 0 Å². The molecule has 2 nitrogen and oxygen atoms in total. The zero-order valence-electron chi connectivity index (χ0n) is 11.7. The van der Waals surface area contributed by atoms with Crippen molar-refractivity contribution in [2.24, 2.45) is 5.41 Å². The Bertz CT molecular complexity index is 453. The molecule has 0 aromatic heterocycles. The van der Waals surface area contributed by atoms with E-state index in [0.717, 1.165) is 37.4 Å². The minimum Gasteiger partial charge on any atom is -0.316 e. The van der Waals surface area contributed by atoms with E-state index in [2.05, 4.69) is 24.4 Å². The number of carbonyl (C=O) groups excluding carboxylic acids is 1. The van der Waals surface area contributed by atoms with Crippen LogP contribution in [-0.4, -0.2) is 18.9 Å². The topological polar surface area (TPSA) is 29.1 Å². The van der Waals surface area contributed by atoms with Gasteiger partial charge in [-0.1, -0.05) is 37.6 Å². The molecule has 2 aliphatic rings. The van der Waals surface area contributed by atoms with E-state index in [-0.39, 0.29) is 5.41 Å². The zero-order chi connectivity index (χ0) is 13.3. The van der Waals surface area contributed by atoms with Crippen LogP contribution in [0.3, 0.4) is 0 Å². The number of hydrogen-bond donors (Lipinski definition) is 1. The fraction of sp³-hybridized carbons (Fsp3) is 0.588. The molecule has 1 aromatic carbocycles. The Morgan fingerprint density at radius 1 is 1.32 bits per heavy atom. The maximum atomic E-state index is 12.7. The van der Waals surface area contributed by atoms with Crippen LogP contribution in [0, 0.1) is 5.41 Å². The standard InChI is InChI=1S/C17H23NO/c1-2-17(10-11-18-12-17)16(19)15-8-6-14(7-9-15)13-4-3-5-13/h6-9,13,18H,2-5,10-12H2,1H3. The number of rotatable bonds is 4. The van der Waals surface area contributed by atoms with Crippen LogP contribution >= 0.6 is 0 Å². The molecule has 0 radical (unpaired) electrons. The molecule has 1 heterocycles. The third kappa shape index (κ3) is 2.23. The van der Waals surface area contributed by atoms with Crippen LogP contribution in [-0.2, 0) is 0 Å². The molecule has 3 rings (SSSR count). The Kier molecular flexibility index (Phi) is 3.44. The van der Waals surface area contributed by atoms with Gasteiger partial charge in [-0.3, -0.25) is 4.79 Å². The van der Waals surface area contributed by atoms with Crippen molar-refractivity contribution in [3.8, 4) is 0 Å². The molecule has 1 aliphatic carbocycles. The second-order valence-electron chi connectivity index (χ2n) is 6.14. The largest absolute Gasteiger partial charge is 0.316 e. The van der Waals surface area contributed by atoms with Crippen molar-refractivity contribution in [1.82, 2.24) is 5.32 Å². The van der Waals surface area contributed by atoms with Gasteiger partial charge in [-0.25, -0.2) is 0 Å². The van der Waals surface area contributed by atoms with Crippen LogP contribution in [0.4, 0.5) is 0 Å². The minimum absolute atomic E-state index is 0.155. The maximum absolute atomic E-state index is 12.7. The van der Waals surface area contributed by atoms with E-state index >= 15 is 0 Å². The van der Waals surface area contributed by atoms with E-state index in [1.807, 2.05) is 12.1 Å². The van der Waals surface area contributed by atoms with Crippen LogP contribution in [0.1, 0.15) is 60.9 Å². The maximum Gasteiger partial charge on any atom is 0.170 e. The van der Waals surface area contributed by atoms with E-state index < -0.39 is 0 Å². The average molecular weight is 257 g/mol. The second-order valence-corrected chi connectivity index (χ2v) is 6.14. The van der Waals surface area contributed by atoms with E-state index in [1.54, 1.807) is 0 Å². The number of benzene rings is 1. The minimum atomic E-state index is -0.155. The lowest BCUT2D eigenvalue weighted by molar-refractivity contribution is 0.0810. The molecular formula is C17H23NO. The highest BCUT2D eigenvalue weighted by molar-refractivity contribution is 6.01. The lowest BCUT2D eigenvalue weighted by Gasteiger charge is -2.27. The summed E-state index contributed by atoms with van der Waals surface area (Å²) in [6.45, 7) is 3.94. The number of nitrogens with one attached hydrogen (secondary N) is 1. The van der Waals surface area contributed by atoms with Crippen LogP contribution < -0.4 is 5.32 Å². The Balaban J connectivity index is 1.79. The van der Waals surface area contributed by atoms with Crippen molar-refractivity contribution in [3.05, 3.63) is 35.4 Å². The summed E-state index contributed by atoms with van der Waals surface area (Å²) in [5, 5.41) is 3.34. The molecule has 1 aromatic rings. The first-order valence-electron chi connectivity index (χ1n) is 7.61. The van der Waals surface area contributed by atoms with Gasteiger partial charge in [0.15, 0.2) is 5.78 Å². The van der Waals surface area contributed by atoms with Crippen molar-refractivity contribution in [2.45, 2.75) is 44.9 Å². The Hall–Kier alpha value is -1.15. The number of ketones is 1. The Morgan fingerprint density at radius 2 is 2.05 bits per heavy atom. The normalized spacial score (nSPS) is 27.2. The van der Waals surface area contributed by atoms with Crippen LogP contribution in [0.2, 0.25) is 0 Å². The summed E-state index contributed by atoms with van der Waals surface area (Å²) < 4.78 is 0. The van der Waals surface area contributed by atoms with Gasteiger partial charge in [0.1, 0.15) is 0 Å². The Labute approximate surface area is 115 Å². The van der Waals surface area contributed by atoms with Gasteiger partial charge in [0.05, 0.1) is 0 Å². The van der Waals surface area contributed by atoms with E-state index in [1.165, 1.54) is 24.8 Å². The van der Waals surface area contributed by atoms with Gasteiger partial charge in [-0.05, 0) is 43.7 Å².